The summed E-state index contributed by atoms with van der Waals surface area (Å²) in [4.78, 5) is 15.5. The van der Waals surface area contributed by atoms with Crippen LogP contribution in [0, 0.1) is 0 Å². The second kappa shape index (κ2) is 12.0. The molecule has 0 saturated carbocycles. The van der Waals surface area contributed by atoms with Crippen LogP contribution in [0.15, 0.2) is 71.7 Å². The quantitative estimate of drug-likeness (QED) is 0.237. The van der Waals surface area contributed by atoms with Gasteiger partial charge in [0.2, 0.25) is 0 Å². The SMILES string of the molecule is CCC1(CC)OB(c2ccc(COc3ccn(-c4ccc5c(c4)cc4n5CCN(C)CC4)c(=O)c3)cc2)OC1(CC)CC. The Kier molecular flexibility index (Phi) is 8.29. The van der Waals surface area contributed by atoms with E-state index in [1.807, 2.05) is 24.3 Å². The first-order chi connectivity index (χ1) is 20.8. The third-order valence-electron chi connectivity index (χ3n) is 10.0. The first-order valence-electron chi connectivity index (χ1n) is 15.9. The highest BCUT2D eigenvalue weighted by molar-refractivity contribution is 6.62. The van der Waals surface area contributed by atoms with Gasteiger partial charge in [0.25, 0.3) is 5.56 Å². The lowest BCUT2D eigenvalue weighted by molar-refractivity contribution is -0.0601. The zero-order valence-corrected chi connectivity index (χ0v) is 26.3. The second-order valence-electron chi connectivity index (χ2n) is 12.2. The maximum atomic E-state index is 13.1. The van der Waals surface area contributed by atoms with Crippen LogP contribution >= 0.6 is 0 Å². The number of aromatic nitrogens is 2. The summed E-state index contributed by atoms with van der Waals surface area (Å²) in [6.45, 7) is 12.3. The minimum absolute atomic E-state index is 0.115. The highest BCUT2D eigenvalue weighted by Gasteiger charge is 2.58. The second-order valence-corrected chi connectivity index (χ2v) is 12.2. The Morgan fingerprint density at radius 1 is 0.837 bits per heavy atom. The molecule has 0 bridgehead atoms. The minimum Gasteiger partial charge on any atom is -0.489 e. The van der Waals surface area contributed by atoms with E-state index in [1.54, 1.807) is 16.8 Å². The van der Waals surface area contributed by atoms with Gasteiger partial charge in [0.15, 0.2) is 0 Å². The summed E-state index contributed by atoms with van der Waals surface area (Å²) >= 11 is 0. The van der Waals surface area contributed by atoms with E-state index in [9.17, 15) is 4.79 Å². The van der Waals surface area contributed by atoms with Gasteiger partial charge >= 0.3 is 7.12 Å². The fourth-order valence-corrected chi connectivity index (χ4v) is 7.23. The van der Waals surface area contributed by atoms with E-state index >= 15 is 0 Å². The highest BCUT2D eigenvalue weighted by atomic mass is 16.7. The van der Waals surface area contributed by atoms with E-state index in [0.29, 0.717) is 12.4 Å². The van der Waals surface area contributed by atoms with E-state index in [1.165, 1.54) is 16.6 Å². The lowest BCUT2D eigenvalue weighted by Crippen LogP contribution is -2.50. The van der Waals surface area contributed by atoms with E-state index < -0.39 is 0 Å². The maximum Gasteiger partial charge on any atom is 0.494 e. The van der Waals surface area contributed by atoms with Crippen molar-refractivity contribution in [2.24, 2.45) is 0 Å². The predicted octanol–water partition coefficient (Wildman–Crippen LogP) is 5.72. The molecule has 0 N–H and O–H groups in total. The number of hydrogen-bond acceptors (Lipinski definition) is 5. The Hall–Kier alpha value is -3.33. The van der Waals surface area contributed by atoms with Crippen molar-refractivity contribution < 1.29 is 14.0 Å². The van der Waals surface area contributed by atoms with Gasteiger partial charge in [-0.05, 0) is 74.1 Å². The van der Waals surface area contributed by atoms with E-state index in [4.69, 9.17) is 14.0 Å². The average molecular weight is 582 g/mol. The topological polar surface area (TPSA) is 57.9 Å². The molecule has 0 radical (unpaired) electrons. The third kappa shape index (κ3) is 5.34. The molecule has 226 valence electrons. The number of benzene rings is 2. The van der Waals surface area contributed by atoms with Crippen LogP contribution in [-0.2, 0) is 28.9 Å². The number of pyridine rings is 1. The Labute approximate surface area is 255 Å². The molecule has 2 aromatic heterocycles. The zero-order chi connectivity index (χ0) is 30.2. The van der Waals surface area contributed by atoms with Crippen LogP contribution in [0.4, 0.5) is 0 Å². The molecule has 2 aliphatic heterocycles. The van der Waals surface area contributed by atoms with Crippen molar-refractivity contribution in [3.63, 3.8) is 0 Å². The molecular formula is C35H44BN3O4. The molecule has 0 amide bonds. The average Bonchev–Trinajstić information content (AvgIpc) is 3.50. The molecule has 0 aliphatic carbocycles. The fourth-order valence-electron chi connectivity index (χ4n) is 7.23. The first-order valence-corrected chi connectivity index (χ1v) is 15.9. The van der Waals surface area contributed by atoms with Crippen molar-refractivity contribution >= 4 is 23.5 Å². The van der Waals surface area contributed by atoms with Crippen molar-refractivity contribution in [3.8, 4) is 11.4 Å². The standard InChI is InChI=1S/C35H44BN3O4/c1-6-34(7-2)35(8-3,9-4)43-36(42-34)28-12-10-26(11-13-28)25-41-31-17-19-39(33(40)24-31)29-14-15-32-27(22-29)23-30-16-18-37(5)20-21-38(30)32/h10-15,17,19,22-24H,6-9,16,18,20-21,25H2,1-5H3. The van der Waals surface area contributed by atoms with Gasteiger partial charge in [-0.2, -0.15) is 0 Å². The van der Waals surface area contributed by atoms with Gasteiger partial charge in [0.1, 0.15) is 12.4 Å². The molecule has 8 heteroatoms. The Balaban J connectivity index is 1.12. The Morgan fingerprint density at radius 3 is 2.19 bits per heavy atom. The van der Waals surface area contributed by atoms with Crippen molar-refractivity contribution in [2.75, 3.05) is 20.1 Å². The number of nitrogens with zero attached hydrogens (tertiary/aromatic N) is 3. The zero-order valence-electron chi connectivity index (χ0n) is 26.3. The Bertz CT molecular complexity index is 1620. The smallest absolute Gasteiger partial charge is 0.489 e. The molecule has 43 heavy (non-hydrogen) atoms. The van der Waals surface area contributed by atoms with Crippen molar-refractivity contribution in [2.45, 2.75) is 84.2 Å². The summed E-state index contributed by atoms with van der Waals surface area (Å²) in [7, 11) is 1.81. The third-order valence-corrected chi connectivity index (χ3v) is 10.0. The molecular weight excluding hydrogens is 537 g/mol. The molecule has 2 aromatic carbocycles. The van der Waals surface area contributed by atoms with Crippen LogP contribution in [0.1, 0.15) is 64.6 Å². The molecule has 7 nitrogen and oxygen atoms in total. The molecule has 1 saturated heterocycles. The summed E-state index contributed by atoms with van der Waals surface area (Å²) in [5.74, 6) is 0.555. The van der Waals surface area contributed by atoms with Crippen LogP contribution in [0.2, 0.25) is 0 Å². The molecule has 4 heterocycles. The van der Waals surface area contributed by atoms with Gasteiger partial charge in [0.05, 0.1) is 11.2 Å². The van der Waals surface area contributed by atoms with Crippen LogP contribution in [0.5, 0.6) is 5.75 Å². The van der Waals surface area contributed by atoms with Crippen molar-refractivity contribution in [3.05, 3.63) is 88.5 Å². The highest BCUT2D eigenvalue weighted by Crippen LogP contribution is 2.46. The summed E-state index contributed by atoms with van der Waals surface area (Å²) in [6, 6.07) is 20.2. The monoisotopic (exact) mass is 581 g/mol. The molecule has 2 aliphatic rings. The first kappa shape index (κ1) is 29.7. The number of fused-ring (bicyclic) bond motifs is 3. The summed E-state index contributed by atoms with van der Waals surface area (Å²) in [5.41, 5.74) is 4.82. The fraction of sp³-hybridized carbons (Fsp3) is 0.457. The summed E-state index contributed by atoms with van der Waals surface area (Å²) in [6.07, 6.45) is 6.53. The van der Waals surface area contributed by atoms with Crippen molar-refractivity contribution in [1.29, 1.82) is 0 Å². The van der Waals surface area contributed by atoms with E-state index in [2.05, 4.69) is 74.5 Å². The van der Waals surface area contributed by atoms with Crippen LogP contribution in [0.25, 0.3) is 16.6 Å². The van der Waals surface area contributed by atoms with E-state index in [-0.39, 0.29) is 23.9 Å². The van der Waals surface area contributed by atoms with Gasteiger partial charge < -0.3 is 23.5 Å². The van der Waals surface area contributed by atoms with Gasteiger partial charge in [-0.25, -0.2) is 0 Å². The number of likely N-dealkylation sites (N-methyl/N-ethyl adjacent to an activating group) is 1. The molecule has 0 unspecified atom stereocenters. The molecule has 0 spiro atoms. The van der Waals surface area contributed by atoms with Gasteiger partial charge in [-0.1, -0.05) is 52.0 Å². The summed E-state index contributed by atoms with van der Waals surface area (Å²) in [5, 5.41) is 1.17. The summed E-state index contributed by atoms with van der Waals surface area (Å²) < 4.78 is 23.4. The predicted molar refractivity (Wildman–Crippen MR) is 174 cm³/mol. The van der Waals surface area contributed by atoms with E-state index in [0.717, 1.165) is 68.5 Å². The minimum atomic E-state index is -0.370. The van der Waals surface area contributed by atoms with Gasteiger partial charge in [-0.15, -0.1) is 0 Å². The normalized spacial score (nSPS) is 18.1. The Morgan fingerprint density at radius 2 is 1.53 bits per heavy atom. The lowest BCUT2D eigenvalue weighted by atomic mass is 9.75. The van der Waals surface area contributed by atoms with Crippen LogP contribution < -0.4 is 15.8 Å². The van der Waals surface area contributed by atoms with Crippen LogP contribution in [-0.4, -0.2) is 52.5 Å². The molecule has 4 aromatic rings. The van der Waals surface area contributed by atoms with Gasteiger partial charge in [-0.3, -0.25) is 9.36 Å². The van der Waals surface area contributed by atoms with Crippen molar-refractivity contribution in [1.82, 2.24) is 14.0 Å². The maximum absolute atomic E-state index is 13.1. The number of ether oxygens (including phenoxy) is 1. The molecule has 0 atom stereocenters. The van der Waals surface area contributed by atoms with Crippen LogP contribution in [0.3, 0.4) is 0 Å². The molecule has 6 rings (SSSR count). The largest absolute Gasteiger partial charge is 0.494 e. The number of rotatable bonds is 9. The lowest BCUT2D eigenvalue weighted by Gasteiger charge is -2.42. The molecule has 1 fully saturated rings. The number of hydrogen-bond donors (Lipinski definition) is 0. The van der Waals surface area contributed by atoms with Gasteiger partial charge in [0, 0.05) is 60.6 Å².